The van der Waals surface area contributed by atoms with Crippen molar-refractivity contribution in [2.45, 2.75) is 59.4 Å². The van der Waals surface area contributed by atoms with E-state index in [0.717, 1.165) is 42.1 Å². The molecule has 0 bridgehead atoms. The molecule has 43 heavy (non-hydrogen) atoms. The van der Waals surface area contributed by atoms with Crippen LogP contribution in [0.25, 0.3) is 6.08 Å². The van der Waals surface area contributed by atoms with Crippen molar-refractivity contribution in [2.75, 3.05) is 26.2 Å². The van der Waals surface area contributed by atoms with Crippen molar-refractivity contribution in [3.8, 4) is 5.75 Å². The maximum Gasteiger partial charge on any atom is 0.258 e. The van der Waals surface area contributed by atoms with Crippen LogP contribution in [0.5, 0.6) is 5.75 Å². The molecule has 7 heteroatoms. The summed E-state index contributed by atoms with van der Waals surface area (Å²) in [4.78, 5) is 28.3. The van der Waals surface area contributed by atoms with Gasteiger partial charge in [0.15, 0.2) is 5.78 Å². The summed E-state index contributed by atoms with van der Waals surface area (Å²) < 4.78 is 7.77. The largest absolute Gasteiger partial charge is 0.492 e. The number of carbonyl (C=O) groups is 2. The zero-order valence-corrected chi connectivity index (χ0v) is 25.9. The van der Waals surface area contributed by atoms with Crippen LogP contribution in [0.4, 0.5) is 0 Å². The molecule has 224 valence electrons. The molecule has 2 aliphatic rings. The van der Waals surface area contributed by atoms with Gasteiger partial charge in [0.1, 0.15) is 12.4 Å². The van der Waals surface area contributed by atoms with E-state index in [-0.39, 0.29) is 23.5 Å². The predicted molar refractivity (Wildman–Crippen MR) is 171 cm³/mol. The number of benzene rings is 2. The van der Waals surface area contributed by atoms with Crippen LogP contribution < -0.4 is 10.1 Å². The molecule has 0 radical (unpaired) electrons. The molecule has 0 spiro atoms. The van der Waals surface area contributed by atoms with Crippen molar-refractivity contribution in [3.63, 3.8) is 0 Å². The highest BCUT2D eigenvalue weighted by Gasteiger charge is 2.24. The first-order valence-electron chi connectivity index (χ1n) is 15.2. The van der Waals surface area contributed by atoms with Gasteiger partial charge in [-0.1, -0.05) is 77.1 Å². The molecule has 0 unspecified atom stereocenters. The Morgan fingerprint density at radius 2 is 1.84 bits per heavy atom. The van der Waals surface area contributed by atoms with Crippen LogP contribution in [0.1, 0.15) is 73.7 Å². The number of nitrogens with zero attached hydrogens (tertiary/aromatic N) is 3. The van der Waals surface area contributed by atoms with Crippen molar-refractivity contribution in [3.05, 3.63) is 112 Å². The minimum atomic E-state index is -0.249. The van der Waals surface area contributed by atoms with E-state index in [2.05, 4.69) is 86.3 Å². The van der Waals surface area contributed by atoms with Gasteiger partial charge in [-0.25, -0.2) is 0 Å². The molecule has 1 aromatic heterocycles. The Labute approximate surface area is 254 Å². The molecule has 2 aromatic carbocycles. The first-order chi connectivity index (χ1) is 20.6. The Balaban J connectivity index is 1.21. The average Bonchev–Trinajstić information content (AvgIpc) is 3.63. The molecule has 7 nitrogen and oxygen atoms in total. The lowest BCUT2D eigenvalue weighted by atomic mass is 9.87. The first-order valence-corrected chi connectivity index (χ1v) is 15.2. The van der Waals surface area contributed by atoms with Crippen molar-refractivity contribution in [1.29, 1.82) is 0 Å². The number of hydrogen-bond donors (Lipinski definition) is 1. The average molecular weight is 579 g/mol. The minimum Gasteiger partial charge on any atom is -0.492 e. The summed E-state index contributed by atoms with van der Waals surface area (Å²) in [7, 11) is 0. The third-order valence-corrected chi connectivity index (χ3v) is 8.17. The fraction of sp³-hybridized carbons (Fsp3) is 0.361. The molecular weight excluding hydrogens is 536 g/mol. The summed E-state index contributed by atoms with van der Waals surface area (Å²) in [6.07, 6.45) is 9.90. The fourth-order valence-electron chi connectivity index (χ4n) is 5.44. The normalized spacial score (nSPS) is 14.7. The van der Waals surface area contributed by atoms with Gasteiger partial charge in [-0.05, 0) is 71.0 Å². The summed E-state index contributed by atoms with van der Waals surface area (Å²) >= 11 is 0. The molecule has 5 rings (SSSR count). The molecule has 0 saturated carbocycles. The van der Waals surface area contributed by atoms with Crippen LogP contribution in [-0.2, 0) is 23.2 Å². The quantitative estimate of drug-likeness (QED) is 0.298. The van der Waals surface area contributed by atoms with Gasteiger partial charge in [-0.15, -0.1) is 0 Å². The van der Waals surface area contributed by atoms with E-state index in [9.17, 15) is 9.59 Å². The van der Waals surface area contributed by atoms with Gasteiger partial charge in [0.05, 0.1) is 18.3 Å². The molecule has 1 amide bonds. The number of rotatable bonds is 11. The van der Waals surface area contributed by atoms with Crippen LogP contribution >= 0.6 is 0 Å². The van der Waals surface area contributed by atoms with E-state index in [1.54, 1.807) is 29.2 Å². The molecule has 0 saturated heterocycles. The van der Waals surface area contributed by atoms with Gasteiger partial charge < -0.3 is 15.0 Å². The summed E-state index contributed by atoms with van der Waals surface area (Å²) in [5, 5.41) is 7.37. The molecular formula is C36H42N4O3. The second kappa shape index (κ2) is 13.0. The number of carbonyl (C=O) groups excluding carboxylic acids is 2. The Bertz CT molecular complexity index is 1580. The second-order valence-electron chi connectivity index (χ2n) is 12.3. The van der Waals surface area contributed by atoms with Gasteiger partial charge in [-0.3, -0.25) is 14.3 Å². The molecule has 3 aromatic rings. The first kappa shape index (κ1) is 30.2. The topological polar surface area (TPSA) is 76.5 Å². The number of ketones is 1. The standard InChI is InChI=1S/C36H42N4O3/c1-6-39(7-2)16-17-43-32-14-10-26-18-28(19-27(26)20-32)33-21-31(13-15-34(33)41)38-35(42)29-22-37-40(24-29)23-25-8-11-30(12-9-25)36(3,4)5/h8-14,19-22,24H,6-7,15-18,23H2,1-5H3,(H,38,42). The molecule has 0 atom stereocenters. The van der Waals surface area contributed by atoms with Crippen molar-refractivity contribution < 1.29 is 14.3 Å². The lowest BCUT2D eigenvalue weighted by Gasteiger charge is -2.19. The fourth-order valence-corrected chi connectivity index (χ4v) is 5.44. The van der Waals surface area contributed by atoms with E-state index >= 15 is 0 Å². The van der Waals surface area contributed by atoms with Gasteiger partial charge in [-0.2, -0.15) is 5.10 Å². The lowest BCUT2D eigenvalue weighted by Crippen LogP contribution is -2.27. The maximum atomic E-state index is 13.1. The molecule has 1 N–H and O–H groups in total. The molecule has 2 aliphatic carbocycles. The smallest absolute Gasteiger partial charge is 0.258 e. The number of allylic oxidation sites excluding steroid dienone is 4. The van der Waals surface area contributed by atoms with E-state index in [1.807, 2.05) is 12.1 Å². The minimum absolute atomic E-state index is 0.0537. The summed E-state index contributed by atoms with van der Waals surface area (Å²) in [5.41, 5.74) is 7.45. The highest BCUT2D eigenvalue weighted by atomic mass is 16.5. The molecule has 0 fully saturated rings. The van der Waals surface area contributed by atoms with Crippen molar-refractivity contribution in [1.82, 2.24) is 20.0 Å². The maximum absolute atomic E-state index is 13.1. The summed E-state index contributed by atoms with van der Waals surface area (Å²) in [6.45, 7) is 15.0. The monoisotopic (exact) mass is 578 g/mol. The lowest BCUT2D eigenvalue weighted by molar-refractivity contribution is -0.114. The summed E-state index contributed by atoms with van der Waals surface area (Å²) in [5.74, 6) is 0.640. The third kappa shape index (κ3) is 7.41. The SMILES string of the molecule is CCN(CC)CCOc1ccc2c(c1)C=C(C1=CC(NC(=O)c3cnn(Cc4ccc(C(C)(C)C)cc4)c3)=CCC1=O)C2. The van der Waals surface area contributed by atoms with Crippen LogP contribution in [0.3, 0.4) is 0 Å². The second-order valence-corrected chi connectivity index (χ2v) is 12.3. The molecule has 0 aliphatic heterocycles. The number of hydrogen-bond acceptors (Lipinski definition) is 5. The zero-order valence-electron chi connectivity index (χ0n) is 25.9. The van der Waals surface area contributed by atoms with E-state index < -0.39 is 0 Å². The Morgan fingerprint density at radius 1 is 1.07 bits per heavy atom. The highest BCUT2D eigenvalue weighted by molar-refractivity contribution is 6.04. The number of ether oxygens (including phenoxy) is 1. The van der Waals surface area contributed by atoms with Crippen LogP contribution in [0.2, 0.25) is 0 Å². The number of nitrogens with one attached hydrogen (secondary N) is 1. The van der Waals surface area contributed by atoms with Crippen molar-refractivity contribution >= 4 is 17.8 Å². The number of likely N-dealkylation sites (N-methyl/N-ethyl adjacent to an activating group) is 1. The van der Waals surface area contributed by atoms with Crippen LogP contribution in [-0.4, -0.2) is 52.6 Å². The number of aromatic nitrogens is 2. The van der Waals surface area contributed by atoms with Crippen LogP contribution in [0, 0.1) is 0 Å². The van der Waals surface area contributed by atoms with E-state index in [1.165, 1.54) is 11.1 Å². The van der Waals surface area contributed by atoms with Crippen LogP contribution in [0.15, 0.2) is 83.9 Å². The number of fused-ring (bicyclic) bond motifs is 1. The molecule has 1 heterocycles. The highest BCUT2D eigenvalue weighted by Crippen LogP contribution is 2.34. The van der Waals surface area contributed by atoms with Gasteiger partial charge in [0.2, 0.25) is 0 Å². The predicted octanol–water partition coefficient (Wildman–Crippen LogP) is 6.10. The summed E-state index contributed by atoms with van der Waals surface area (Å²) in [6, 6.07) is 14.6. The van der Waals surface area contributed by atoms with Gasteiger partial charge in [0.25, 0.3) is 5.91 Å². The third-order valence-electron chi connectivity index (χ3n) is 8.17. The van der Waals surface area contributed by atoms with Crippen molar-refractivity contribution in [2.24, 2.45) is 0 Å². The number of Topliss-reactive ketones (excluding diaryl/α,β-unsaturated/α-hetero) is 1. The zero-order chi connectivity index (χ0) is 30.6. The Morgan fingerprint density at radius 3 is 2.56 bits per heavy atom. The van der Waals surface area contributed by atoms with Gasteiger partial charge >= 0.3 is 0 Å². The van der Waals surface area contributed by atoms with E-state index in [0.29, 0.717) is 36.4 Å². The van der Waals surface area contributed by atoms with Gasteiger partial charge in [0, 0.05) is 30.4 Å². The number of amides is 1. The van der Waals surface area contributed by atoms with E-state index in [4.69, 9.17) is 4.74 Å². The Hall–Kier alpha value is -4.23. The Kier molecular flexibility index (Phi) is 9.11.